The van der Waals surface area contributed by atoms with Crippen molar-refractivity contribution in [2.45, 2.75) is 18.9 Å². The van der Waals surface area contributed by atoms with Crippen molar-refractivity contribution in [1.82, 2.24) is 29.9 Å². The van der Waals surface area contributed by atoms with Crippen LogP contribution in [0.25, 0.3) is 11.1 Å². The van der Waals surface area contributed by atoms with E-state index in [1.165, 1.54) is 16.8 Å². The van der Waals surface area contributed by atoms with Crippen molar-refractivity contribution in [3.05, 3.63) is 47.8 Å². The van der Waals surface area contributed by atoms with Crippen LogP contribution in [-0.4, -0.2) is 37.0 Å². The van der Waals surface area contributed by atoms with Crippen LogP contribution >= 0.6 is 0 Å². The van der Waals surface area contributed by atoms with Crippen LogP contribution in [0.5, 0.6) is 0 Å². The van der Waals surface area contributed by atoms with E-state index in [2.05, 4.69) is 25.8 Å². The fourth-order valence-electron chi connectivity index (χ4n) is 3.18. The average molecular weight is 369 g/mol. The summed E-state index contributed by atoms with van der Waals surface area (Å²) in [6.07, 6.45) is 5.49. The number of benzene rings is 1. The first-order valence-electron chi connectivity index (χ1n) is 8.75. The SMILES string of the molecule is Cn1cc(-c2ccc(F)c(C(=O)Nc3nc([C@H]4CCCN4)nn3C)c2)cn1. The highest BCUT2D eigenvalue weighted by Crippen LogP contribution is 2.23. The van der Waals surface area contributed by atoms with Gasteiger partial charge in [-0.25, -0.2) is 9.07 Å². The van der Waals surface area contributed by atoms with Gasteiger partial charge in [-0.15, -0.1) is 0 Å². The largest absolute Gasteiger partial charge is 0.307 e. The second kappa shape index (κ2) is 6.92. The Bertz CT molecular complexity index is 988. The quantitative estimate of drug-likeness (QED) is 0.735. The molecule has 2 N–H and O–H groups in total. The summed E-state index contributed by atoms with van der Waals surface area (Å²) in [6, 6.07) is 4.50. The predicted molar refractivity (Wildman–Crippen MR) is 97.5 cm³/mol. The number of amides is 1. The number of carbonyl (C=O) groups excluding carboxylic acids is 1. The third-order valence-electron chi connectivity index (χ3n) is 4.63. The minimum atomic E-state index is -0.597. The number of hydrogen-bond donors (Lipinski definition) is 2. The van der Waals surface area contributed by atoms with Crippen molar-refractivity contribution in [3.8, 4) is 11.1 Å². The zero-order chi connectivity index (χ0) is 19.0. The van der Waals surface area contributed by atoms with E-state index >= 15 is 0 Å². The molecule has 140 valence electrons. The highest BCUT2D eigenvalue weighted by Gasteiger charge is 2.23. The Morgan fingerprint density at radius 3 is 2.89 bits per heavy atom. The fourth-order valence-corrected chi connectivity index (χ4v) is 3.18. The van der Waals surface area contributed by atoms with E-state index in [9.17, 15) is 9.18 Å². The van der Waals surface area contributed by atoms with Crippen molar-refractivity contribution in [2.75, 3.05) is 11.9 Å². The summed E-state index contributed by atoms with van der Waals surface area (Å²) in [5.41, 5.74) is 1.46. The Morgan fingerprint density at radius 1 is 1.33 bits per heavy atom. The van der Waals surface area contributed by atoms with Crippen LogP contribution in [0.3, 0.4) is 0 Å². The van der Waals surface area contributed by atoms with Gasteiger partial charge in [0.05, 0.1) is 17.8 Å². The molecule has 1 aromatic carbocycles. The van der Waals surface area contributed by atoms with Crippen LogP contribution in [0, 0.1) is 5.82 Å². The molecule has 0 unspecified atom stereocenters. The van der Waals surface area contributed by atoms with Gasteiger partial charge in [-0.3, -0.25) is 14.8 Å². The number of nitrogens with zero attached hydrogens (tertiary/aromatic N) is 5. The van der Waals surface area contributed by atoms with Gasteiger partial charge in [-0.05, 0) is 37.1 Å². The number of carbonyl (C=O) groups is 1. The first kappa shape index (κ1) is 17.3. The van der Waals surface area contributed by atoms with Crippen molar-refractivity contribution in [1.29, 1.82) is 0 Å². The minimum Gasteiger partial charge on any atom is -0.307 e. The molecule has 8 nitrogen and oxygen atoms in total. The molecule has 3 heterocycles. The lowest BCUT2D eigenvalue weighted by Crippen LogP contribution is -2.17. The second-order valence-corrected chi connectivity index (χ2v) is 6.62. The summed E-state index contributed by atoms with van der Waals surface area (Å²) in [7, 11) is 3.50. The van der Waals surface area contributed by atoms with Gasteiger partial charge in [0.25, 0.3) is 5.91 Å². The molecule has 1 aliphatic rings. The topological polar surface area (TPSA) is 89.7 Å². The maximum Gasteiger partial charge on any atom is 0.261 e. The molecule has 9 heteroatoms. The van der Waals surface area contributed by atoms with Crippen LogP contribution in [-0.2, 0) is 14.1 Å². The molecule has 1 atom stereocenters. The first-order chi connectivity index (χ1) is 13.0. The Kier molecular flexibility index (Phi) is 4.44. The molecule has 3 aromatic rings. The maximum absolute atomic E-state index is 14.3. The van der Waals surface area contributed by atoms with E-state index in [1.54, 1.807) is 37.2 Å². The van der Waals surface area contributed by atoms with Gasteiger partial charge < -0.3 is 5.32 Å². The molecule has 1 amide bonds. The smallest absolute Gasteiger partial charge is 0.261 e. The van der Waals surface area contributed by atoms with Crippen LogP contribution in [0.2, 0.25) is 0 Å². The van der Waals surface area contributed by atoms with E-state index in [1.807, 2.05) is 0 Å². The standard InChI is InChI=1S/C18H20FN7O/c1-25-10-12(9-21-25)11-5-6-14(19)13(8-11)17(27)23-18-22-16(24-26(18)2)15-4-3-7-20-15/h5-6,8-10,15,20H,3-4,7H2,1-2H3,(H,22,23,24,27)/t15-/m1/s1. The summed E-state index contributed by atoms with van der Waals surface area (Å²) >= 11 is 0. The number of aromatic nitrogens is 5. The summed E-state index contributed by atoms with van der Waals surface area (Å²) < 4.78 is 17.4. The molecule has 0 spiro atoms. The molecule has 0 radical (unpaired) electrons. The summed E-state index contributed by atoms with van der Waals surface area (Å²) in [5.74, 6) is -0.246. The number of hydrogen-bond acceptors (Lipinski definition) is 5. The third-order valence-corrected chi connectivity index (χ3v) is 4.63. The fraction of sp³-hybridized carbons (Fsp3) is 0.333. The zero-order valence-electron chi connectivity index (χ0n) is 15.1. The molecule has 0 bridgehead atoms. The molecule has 27 heavy (non-hydrogen) atoms. The Labute approximate surface area is 155 Å². The molecule has 0 saturated carbocycles. The van der Waals surface area contributed by atoms with Crippen molar-refractivity contribution >= 4 is 11.9 Å². The monoisotopic (exact) mass is 369 g/mol. The van der Waals surface area contributed by atoms with Gasteiger partial charge in [0, 0.05) is 25.9 Å². The number of rotatable bonds is 4. The molecule has 1 saturated heterocycles. The predicted octanol–water partition coefficient (Wildman–Crippen LogP) is 2.03. The Morgan fingerprint density at radius 2 is 2.19 bits per heavy atom. The third kappa shape index (κ3) is 3.45. The van der Waals surface area contributed by atoms with Crippen molar-refractivity contribution < 1.29 is 9.18 Å². The van der Waals surface area contributed by atoms with E-state index in [-0.39, 0.29) is 17.6 Å². The van der Waals surface area contributed by atoms with Crippen molar-refractivity contribution in [3.63, 3.8) is 0 Å². The molecule has 1 aliphatic heterocycles. The normalized spacial score (nSPS) is 16.6. The maximum atomic E-state index is 14.3. The van der Waals surface area contributed by atoms with Crippen LogP contribution in [0.15, 0.2) is 30.6 Å². The van der Waals surface area contributed by atoms with Gasteiger partial charge in [0.2, 0.25) is 5.95 Å². The van der Waals surface area contributed by atoms with Crippen molar-refractivity contribution in [2.24, 2.45) is 14.1 Å². The van der Waals surface area contributed by atoms with Crippen LogP contribution < -0.4 is 10.6 Å². The summed E-state index contributed by atoms with van der Waals surface area (Å²) in [6.45, 7) is 0.928. The Balaban J connectivity index is 1.58. The Hall–Kier alpha value is -3.07. The molecular formula is C18H20FN7O. The van der Waals surface area contributed by atoms with Crippen LogP contribution in [0.1, 0.15) is 35.1 Å². The van der Waals surface area contributed by atoms with Gasteiger partial charge in [-0.2, -0.15) is 15.2 Å². The highest BCUT2D eigenvalue weighted by atomic mass is 19.1. The molecule has 1 fully saturated rings. The molecule has 4 rings (SSSR count). The number of nitrogens with one attached hydrogen (secondary N) is 2. The van der Waals surface area contributed by atoms with Gasteiger partial charge in [0.1, 0.15) is 5.82 Å². The molecule has 0 aliphatic carbocycles. The van der Waals surface area contributed by atoms with Gasteiger partial charge in [0.15, 0.2) is 5.82 Å². The first-order valence-corrected chi connectivity index (χ1v) is 8.75. The van der Waals surface area contributed by atoms with Gasteiger partial charge in [-0.1, -0.05) is 6.07 Å². The molecular weight excluding hydrogens is 349 g/mol. The van der Waals surface area contributed by atoms with Crippen LogP contribution in [0.4, 0.5) is 10.3 Å². The average Bonchev–Trinajstić information content (AvgIpc) is 3.37. The number of halogens is 1. The van der Waals surface area contributed by atoms with E-state index in [0.717, 1.165) is 24.9 Å². The second-order valence-electron chi connectivity index (χ2n) is 6.62. The van der Waals surface area contributed by atoms with Gasteiger partial charge >= 0.3 is 0 Å². The highest BCUT2D eigenvalue weighted by molar-refractivity contribution is 6.04. The minimum absolute atomic E-state index is 0.0557. The van der Waals surface area contributed by atoms with E-state index < -0.39 is 11.7 Å². The lowest BCUT2D eigenvalue weighted by Gasteiger charge is -2.07. The summed E-state index contributed by atoms with van der Waals surface area (Å²) in [5, 5.41) is 14.4. The lowest BCUT2D eigenvalue weighted by molar-refractivity contribution is 0.102. The molecule has 2 aromatic heterocycles. The van der Waals surface area contributed by atoms with E-state index in [4.69, 9.17) is 0 Å². The summed E-state index contributed by atoms with van der Waals surface area (Å²) in [4.78, 5) is 17.0. The number of aryl methyl sites for hydroxylation is 2. The van der Waals surface area contributed by atoms with E-state index in [0.29, 0.717) is 11.4 Å². The lowest BCUT2D eigenvalue weighted by atomic mass is 10.1. The number of anilines is 1. The zero-order valence-corrected chi connectivity index (χ0v) is 15.1.